The third-order valence-corrected chi connectivity index (χ3v) is 2.90. The van der Waals surface area contributed by atoms with Gasteiger partial charge in [-0.25, -0.2) is 0 Å². The van der Waals surface area contributed by atoms with E-state index in [2.05, 4.69) is 27.0 Å². The third kappa shape index (κ3) is 2.45. The van der Waals surface area contributed by atoms with Crippen LogP contribution in [0.3, 0.4) is 0 Å². The number of pyridine rings is 1. The largest absolute Gasteiger partial charge is 0.342 e. The molecule has 0 saturated heterocycles. The number of hydrogen-bond donors (Lipinski definition) is 0. The van der Waals surface area contributed by atoms with Crippen molar-refractivity contribution in [3.63, 3.8) is 0 Å². The van der Waals surface area contributed by atoms with E-state index in [0.29, 0.717) is 5.56 Å². The molecule has 0 saturated carbocycles. The van der Waals surface area contributed by atoms with Gasteiger partial charge in [0.05, 0.1) is 23.1 Å². The van der Waals surface area contributed by atoms with Crippen LogP contribution in [0.15, 0.2) is 47.2 Å². The Morgan fingerprint density at radius 1 is 1.29 bits per heavy atom. The van der Waals surface area contributed by atoms with Gasteiger partial charge in [-0.3, -0.25) is 4.98 Å². The smallest absolute Gasteiger partial charge is 0.101 e. The van der Waals surface area contributed by atoms with Crippen molar-refractivity contribution in [2.24, 2.45) is 0 Å². The first-order valence-electron chi connectivity index (χ1n) is 5.06. The number of rotatable bonds is 2. The third-order valence-electron chi connectivity index (χ3n) is 2.46. The summed E-state index contributed by atoms with van der Waals surface area (Å²) < 4.78 is 0.913. The van der Waals surface area contributed by atoms with Crippen molar-refractivity contribution in [3.05, 3.63) is 52.8 Å². The van der Waals surface area contributed by atoms with Crippen LogP contribution in [0.25, 0.3) is 0 Å². The lowest BCUT2D eigenvalue weighted by Crippen LogP contribution is -2.11. The van der Waals surface area contributed by atoms with E-state index in [1.54, 1.807) is 18.5 Å². The maximum atomic E-state index is 9.07. The van der Waals surface area contributed by atoms with Crippen LogP contribution < -0.4 is 4.90 Å². The highest BCUT2D eigenvalue weighted by atomic mass is 79.9. The molecular formula is C13H10BrN3. The Balaban J connectivity index is 2.44. The average molecular weight is 288 g/mol. The molecule has 2 aromatic rings. The molecule has 2 rings (SSSR count). The first-order valence-corrected chi connectivity index (χ1v) is 5.85. The molecule has 0 fully saturated rings. The van der Waals surface area contributed by atoms with Crippen molar-refractivity contribution in [1.82, 2.24) is 4.98 Å². The molecule has 3 nitrogen and oxygen atoms in total. The second-order valence-corrected chi connectivity index (χ2v) is 4.47. The normalized spacial score (nSPS) is 9.71. The quantitative estimate of drug-likeness (QED) is 0.849. The Hall–Kier alpha value is -1.86. The zero-order valence-corrected chi connectivity index (χ0v) is 10.8. The first kappa shape index (κ1) is 11.6. The SMILES string of the molecule is CN(c1cncc(Br)c1)c1ccccc1C#N. The molecule has 0 aliphatic carbocycles. The molecule has 0 amide bonds. The zero-order valence-electron chi connectivity index (χ0n) is 9.26. The Morgan fingerprint density at radius 3 is 2.76 bits per heavy atom. The van der Waals surface area contributed by atoms with E-state index in [-0.39, 0.29) is 0 Å². The predicted molar refractivity (Wildman–Crippen MR) is 71.2 cm³/mol. The fourth-order valence-corrected chi connectivity index (χ4v) is 1.94. The molecule has 0 spiro atoms. The maximum Gasteiger partial charge on any atom is 0.101 e. The van der Waals surface area contributed by atoms with Gasteiger partial charge >= 0.3 is 0 Å². The van der Waals surface area contributed by atoms with Gasteiger partial charge in [0.15, 0.2) is 0 Å². The minimum absolute atomic E-state index is 0.648. The van der Waals surface area contributed by atoms with Crippen LogP contribution in [0, 0.1) is 11.3 Å². The van der Waals surface area contributed by atoms with E-state index in [1.807, 2.05) is 36.2 Å². The summed E-state index contributed by atoms with van der Waals surface area (Å²) >= 11 is 3.38. The number of aromatic nitrogens is 1. The van der Waals surface area contributed by atoms with E-state index in [0.717, 1.165) is 15.8 Å². The van der Waals surface area contributed by atoms with Gasteiger partial charge in [-0.1, -0.05) is 12.1 Å². The van der Waals surface area contributed by atoms with Gasteiger partial charge in [-0.2, -0.15) is 5.26 Å². The molecule has 0 atom stereocenters. The topological polar surface area (TPSA) is 39.9 Å². The average Bonchev–Trinajstić information content (AvgIpc) is 2.38. The highest BCUT2D eigenvalue weighted by molar-refractivity contribution is 9.10. The van der Waals surface area contributed by atoms with Gasteiger partial charge in [0.2, 0.25) is 0 Å². The summed E-state index contributed by atoms with van der Waals surface area (Å²) in [5.41, 5.74) is 2.45. The van der Waals surface area contributed by atoms with Crippen LogP contribution in [0.1, 0.15) is 5.56 Å². The van der Waals surface area contributed by atoms with Gasteiger partial charge in [0, 0.05) is 17.7 Å². The van der Waals surface area contributed by atoms with Crippen molar-refractivity contribution in [3.8, 4) is 6.07 Å². The molecule has 84 valence electrons. The number of nitrogens with zero attached hydrogens (tertiary/aromatic N) is 3. The van der Waals surface area contributed by atoms with Crippen molar-refractivity contribution >= 4 is 27.3 Å². The fraction of sp³-hybridized carbons (Fsp3) is 0.0769. The van der Waals surface area contributed by atoms with Crippen molar-refractivity contribution in [2.45, 2.75) is 0 Å². The number of benzene rings is 1. The number of anilines is 2. The first-order chi connectivity index (χ1) is 8.22. The molecule has 4 heteroatoms. The minimum Gasteiger partial charge on any atom is -0.342 e. The molecule has 0 bridgehead atoms. The predicted octanol–water partition coefficient (Wildman–Crippen LogP) is 3.48. The Kier molecular flexibility index (Phi) is 3.40. The van der Waals surface area contributed by atoms with Crippen molar-refractivity contribution in [1.29, 1.82) is 5.26 Å². The Bertz CT molecular complexity index is 575. The lowest BCUT2D eigenvalue weighted by molar-refractivity contribution is 1.16. The summed E-state index contributed by atoms with van der Waals surface area (Å²) in [6.45, 7) is 0. The Labute approximate surface area is 108 Å². The molecule has 0 aliphatic heterocycles. The van der Waals surface area contributed by atoms with Crippen LogP contribution in [-0.4, -0.2) is 12.0 Å². The van der Waals surface area contributed by atoms with E-state index in [9.17, 15) is 0 Å². The van der Waals surface area contributed by atoms with Crippen molar-refractivity contribution in [2.75, 3.05) is 11.9 Å². The van der Waals surface area contributed by atoms with Gasteiger partial charge in [-0.15, -0.1) is 0 Å². The lowest BCUT2D eigenvalue weighted by Gasteiger charge is -2.20. The summed E-state index contributed by atoms with van der Waals surface area (Å²) in [5.74, 6) is 0. The number of halogens is 1. The highest BCUT2D eigenvalue weighted by Gasteiger charge is 2.08. The maximum absolute atomic E-state index is 9.07. The highest BCUT2D eigenvalue weighted by Crippen LogP contribution is 2.27. The van der Waals surface area contributed by atoms with E-state index >= 15 is 0 Å². The number of hydrogen-bond acceptors (Lipinski definition) is 3. The summed E-state index contributed by atoms with van der Waals surface area (Å²) in [5, 5.41) is 9.07. The van der Waals surface area contributed by atoms with Crippen molar-refractivity contribution < 1.29 is 0 Å². The van der Waals surface area contributed by atoms with Crippen LogP contribution in [-0.2, 0) is 0 Å². The molecule has 1 heterocycles. The summed E-state index contributed by atoms with van der Waals surface area (Å²) in [6, 6.07) is 11.6. The van der Waals surface area contributed by atoms with Crippen LogP contribution in [0.2, 0.25) is 0 Å². The molecular weight excluding hydrogens is 278 g/mol. The van der Waals surface area contributed by atoms with Gasteiger partial charge in [-0.05, 0) is 34.1 Å². The molecule has 1 aromatic carbocycles. The van der Waals surface area contributed by atoms with Crippen LogP contribution >= 0.6 is 15.9 Å². The lowest BCUT2D eigenvalue weighted by atomic mass is 10.1. The Morgan fingerprint density at radius 2 is 2.06 bits per heavy atom. The molecule has 17 heavy (non-hydrogen) atoms. The molecule has 1 aromatic heterocycles. The van der Waals surface area contributed by atoms with E-state index < -0.39 is 0 Å². The summed E-state index contributed by atoms with van der Waals surface area (Å²) in [6.07, 6.45) is 3.49. The fourth-order valence-electron chi connectivity index (χ4n) is 1.58. The monoisotopic (exact) mass is 287 g/mol. The van der Waals surface area contributed by atoms with Gasteiger partial charge < -0.3 is 4.90 Å². The second kappa shape index (κ2) is 4.98. The standard InChI is InChI=1S/C13H10BrN3/c1-17(12-6-11(14)8-16-9-12)13-5-3-2-4-10(13)7-15/h2-6,8-9H,1H3. The molecule has 0 N–H and O–H groups in total. The summed E-state index contributed by atoms with van der Waals surface area (Å²) in [4.78, 5) is 6.06. The zero-order chi connectivity index (χ0) is 12.3. The van der Waals surface area contributed by atoms with E-state index in [1.165, 1.54) is 0 Å². The molecule has 0 unspecified atom stereocenters. The number of nitriles is 1. The summed E-state index contributed by atoms with van der Waals surface area (Å²) in [7, 11) is 1.92. The second-order valence-electron chi connectivity index (χ2n) is 3.55. The van der Waals surface area contributed by atoms with Gasteiger partial charge in [0.25, 0.3) is 0 Å². The molecule has 0 radical (unpaired) electrons. The molecule has 0 aliphatic rings. The van der Waals surface area contributed by atoms with Crippen LogP contribution in [0.5, 0.6) is 0 Å². The van der Waals surface area contributed by atoms with E-state index in [4.69, 9.17) is 5.26 Å². The minimum atomic E-state index is 0.648. The van der Waals surface area contributed by atoms with Crippen LogP contribution in [0.4, 0.5) is 11.4 Å². The number of para-hydroxylation sites is 1. The van der Waals surface area contributed by atoms with Gasteiger partial charge in [0.1, 0.15) is 6.07 Å².